The van der Waals surface area contributed by atoms with E-state index >= 15 is 0 Å². The number of rotatable bonds is 10. The van der Waals surface area contributed by atoms with Crippen LogP contribution in [0.15, 0.2) is 54.6 Å². The van der Waals surface area contributed by atoms with Gasteiger partial charge >= 0.3 is 0 Å². The van der Waals surface area contributed by atoms with Crippen LogP contribution >= 0.6 is 0 Å². The van der Waals surface area contributed by atoms with Gasteiger partial charge < -0.3 is 10.2 Å². The summed E-state index contributed by atoms with van der Waals surface area (Å²) in [5, 5.41) is 2.96. The van der Waals surface area contributed by atoms with Crippen molar-refractivity contribution in [2.75, 3.05) is 49.5 Å². The van der Waals surface area contributed by atoms with Gasteiger partial charge in [-0.05, 0) is 36.5 Å². The molecule has 0 radical (unpaired) electrons. The van der Waals surface area contributed by atoms with Crippen LogP contribution in [0.4, 0.5) is 5.69 Å². The van der Waals surface area contributed by atoms with E-state index in [4.69, 9.17) is 0 Å². The maximum atomic E-state index is 12.5. The Morgan fingerprint density at radius 1 is 0.939 bits per heavy atom. The van der Waals surface area contributed by atoms with Crippen LogP contribution in [0.3, 0.4) is 0 Å². The zero-order valence-electron chi connectivity index (χ0n) is 19.2. The number of hydrogen-bond acceptors (Lipinski definition) is 5. The van der Waals surface area contributed by atoms with Crippen LogP contribution in [0.5, 0.6) is 0 Å². The Hall–Kier alpha value is -2.71. The summed E-state index contributed by atoms with van der Waals surface area (Å²) in [6, 6.07) is 17.5. The van der Waals surface area contributed by atoms with Gasteiger partial charge in [0.1, 0.15) is 5.75 Å². The highest BCUT2D eigenvalue weighted by Gasteiger charge is 2.26. The van der Waals surface area contributed by atoms with Crippen LogP contribution in [-0.2, 0) is 32.3 Å². The van der Waals surface area contributed by atoms with E-state index in [0.29, 0.717) is 39.0 Å². The van der Waals surface area contributed by atoms with Gasteiger partial charge in [0.25, 0.3) is 0 Å². The third-order valence-corrected chi connectivity index (χ3v) is 7.47. The molecule has 2 aromatic carbocycles. The second kappa shape index (κ2) is 12.0. The number of para-hydroxylation sites is 1. The topological polar surface area (TPSA) is 86.8 Å². The molecule has 178 valence electrons. The van der Waals surface area contributed by atoms with E-state index in [0.717, 1.165) is 23.2 Å². The molecule has 3 rings (SSSR count). The first-order valence-electron chi connectivity index (χ1n) is 11.5. The standard InChI is InChI=1S/C25H33N3O4S/c1-2-22-12-6-7-13-23(22)26-24(29)19-27-14-16-28(17-15-27)25(30)20-33(31,32)18-8-11-21-9-4-3-5-10-21/h3-7,9-10,12-13H,2,8,11,14-20H2,1H3,(H,26,29). The lowest BCUT2D eigenvalue weighted by Crippen LogP contribution is -2.51. The summed E-state index contributed by atoms with van der Waals surface area (Å²) in [5.41, 5.74) is 3.01. The number of carbonyl (C=O) groups excluding carboxylic acids is 2. The molecule has 1 saturated heterocycles. The Balaban J connectivity index is 1.39. The highest BCUT2D eigenvalue weighted by molar-refractivity contribution is 7.92. The van der Waals surface area contributed by atoms with E-state index in [1.807, 2.05) is 66.4 Å². The molecule has 0 aliphatic carbocycles. The van der Waals surface area contributed by atoms with E-state index in [1.165, 1.54) is 0 Å². The quantitative estimate of drug-likeness (QED) is 0.575. The third kappa shape index (κ3) is 7.98. The lowest BCUT2D eigenvalue weighted by molar-refractivity contribution is -0.130. The van der Waals surface area contributed by atoms with Crippen molar-refractivity contribution >= 4 is 27.3 Å². The molecule has 7 nitrogen and oxygen atoms in total. The normalized spacial score (nSPS) is 14.8. The molecule has 1 N–H and O–H groups in total. The summed E-state index contributed by atoms with van der Waals surface area (Å²) in [4.78, 5) is 28.6. The molecule has 1 aliphatic rings. The number of sulfone groups is 1. The molecule has 2 amide bonds. The molecule has 0 bridgehead atoms. The number of nitrogens with one attached hydrogen (secondary N) is 1. The number of aryl methyl sites for hydroxylation is 2. The fourth-order valence-corrected chi connectivity index (χ4v) is 5.28. The lowest BCUT2D eigenvalue weighted by atomic mass is 10.1. The summed E-state index contributed by atoms with van der Waals surface area (Å²) < 4.78 is 24.8. The number of hydrogen-bond donors (Lipinski definition) is 1. The molecule has 0 unspecified atom stereocenters. The van der Waals surface area contributed by atoms with Crippen molar-refractivity contribution in [3.8, 4) is 0 Å². The first-order chi connectivity index (χ1) is 15.9. The van der Waals surface area contributed by atoms with Crippen molar-refractivity contribution in [3.63, 3.8) is 0 Å². The predicted octanol–water partition coefficient (Wildman–Crippen LogP) is 2.38. The molecule has 0 saturated carbocycles. The Morgan fingerprint density at radius 2 is 1.61 bits per heavy atom. The Morgan fingerprint density at radius 3 is 2.30 bits per heavy atom. The van der Waals surface area contributed by atoms with Gasteiger partial charge in [0, 0.05) is 31.9 Å². The first-order valence-corrected chi connectivity index (χ1v) is 13.3. The van der Waals surface area contributed by atoms with E-state index in [1.54, 1.807) is 4.90 Å². The summed E-state index contributed by atoms with van der Waals surface area (Å²) >= 11 is 0. The smallest absolute Gasteiger partial charge is 0.238 e. The van der Waals surface area contributed by atoms with Crippen molar-refractivity contribution in [3.05, 3.63) is 65.7 Å². The fourth-order valence-electron chi connectivity index (χ4n) is 3.99. The zero-order valence-corrected chi connectivity index (χ0v) is 20.0. The molecule has 2 aromatic rings. The van der Waals surface area contributed by atoms with Gasteiger partial charge in [-0.1, -0.05) is 55.5 Å². The second-order valence-corrected chi connectivity index (χ2v) is 10.6. The average Bonchev–Trinajstić information content (AvgIpc) is 2.80. The number of amides is 2. The molecule has 0 spiro atoms. The van der Waals surface area contributed by atoms with Gasteiger partial charge in [0.2, 0.25) is 11.8 Å². The van der Waals surface area contributed by atoms with E-state index < -0.39 is 15.6 Å². The number of carbonyl (C=O) groups is 2. The first kappa shape index (κ1) is 24.9. The maximum Gasteiger partial charge on any atom is 0.238 e. The van der Waals surface area contributed by atoms with Crippen LogP contribution < -0.4 is 5.32 Å². The average molecular weight is 472 g/mol. The van der Waals surface area contributed by atoms with Gasteiger partial charge in [0.15, 0.2) is 9.84 Å². The zero-order chi connectivity index (χ0) is 23.7. The molecule has 1 fully saturated rings. The second-order valence-electron chi connectivity index (χ2n) is 8.40. The molecule has 8 heteroatoms. The van der Waals surface area contributed by atoms with Crippen LogP contribution in [0.25, 0.3) is 0 Å². The van der Waals surface area contributed by atoms with Crippen LogP contribution in [0.1, 0.15) is 24.5 Å². The summed E-state index contributed by atoms with van der Waals surface area (Å²) in [5.74, 6) is -0.879. The van der Waals surface area contributed by atoms with Crippen LogP contribution in [0, 0.1) is 0 Å². The van der Waals surface area contributed by atoms with E-state index in [2.05, 4.69) is 5.32 Å². The number of anilines is 1. The van der Waals surface area contributed by atoms with Gasteiger partial charge in [-0.3, -0.25) is 14.5 Å². The maximum absolute atomic E-state index is 12.5. The minimum atomic E-state index is -3.44. The third-order valence-electron chi connectivity index (χ3n) is 5.87. The van der Waals surface area contributed by atoms with Crippen LogP contribution in [-0.4, -0.2) is 74.3 Å². The highest BCUT2D eigenvalue weighted by Crippen LogP contribution is 2.15. The lowest BCUT2D eigenvalue weighted by Gasteiger charge is -2.34. The minimum Gasteiger partial charge on any atom is -0.339 e. The monoisotopic (exact) mass is 471 g/mol. The molecular weight excluding hydrogens is 438 g/mol. The number of benzene rings is 2. The summed E-state index contributed by atoms with van der Waals surface area (Å²) in [6.07, 6.45) is 2.02. The molecular formula is C25H33N3O4S. The molecule has 1 aliphatic heterocycles. The van der Waals surface area contributed by atoms with Crippen molar-refractivity contribution in [2.24, 2.45) is 0 Å². The van der Waals surface area contributed by atoms with Gasteiger partial charge in [-0.25, -0.2) is 8.42 Å². The van der Waals surface area contributed by atoms with E-state index in [-0.39, 0.29) is 24.1 Å². The molecule has 0 atom stereocenters. The van der Waals surface area contributed by atoms with Crippen LogP contribution in [0.2, 0.25) is 0 Å². The van der Waals surface area contributed by atoms with Gasteiger partial charge in [-0.15, -0.1) is 0 Å². The minimum absolute atomic E-state index is 0.00695. The number of piperazine rings is 1. The fraction of sp³-hybridized carbons (Fsp3) is 0.440. The molecule has 33 heavy (non-hydrogen) atoms. The molecule has 0 aromatic heterocycles. The van der Waals surface area contributed by atoms with Gasteiger partial charge in [0.05, 0.1) is 12.3 Å². The largest absolute Gasteiger partial charge is 0.339 e. The summed E-state index contributed by atoms with van der Waals surface area (Å²) in [7, 11) is -3.44. The molecule has 1 heterocycles. The van der Waals surface area contributed by atoms with Crippen molar-refractivity contribution in [1.29, 1.82) is 0 Å². The SMILES string of the molecule is CCc1ccccc1NC(=O)CN1CCN(C(=O)CS(=O)(=O)CCCc2ccccc2)CC1. The Labute approximate surface area is 196 Å². The van der Waals surface area contributed by atoms with Crippen molar-refractivity contribution < 1.29 is 18.0 Å². The van der Waals surface area contributed by atoms with Crippen molar-refractivity contribution in [2.45, 2.75) is 26.2 Å². The van der Waals surface area contributed by atoms with Crippen molar-refractivity contribution in [1.82, 2.24) is 9.80 Å². The Kier molecular flexibility index (Phi) is 9.03. The number of nitrogens with zero attached hydrogens (tertiary/aromatic N) is 2. The predicted molar refractivity (Wildman–Crippen MR) is 131 cm³/mol. The summed E-state index contributed by atoms with van der Waals surface area (Å²) in [6.45, 7) is 4.24. The Bertz CT molecular complexity index is 1030. The van der Waals surface area contributed by atoms with Gasteiger partial charge in [-0.2, -0.15) is 0 Å². The highest BCUT2D eigenvalue weighted by atomic mass is 32.2. The van der Waals surface area contributed by atoms with E-state index in [9.17, 15) is 18.0 Å².